The molecule has 1 atom stereocenters. The van der Waals surface area contributed by atoms with E-state index in [0.29, 0.717) is 6.73 Å². The lowest BCUT2D eigenvalue weighted by molar-refractivity contribution is 0.115. The quantitative estimate of drug-likeness (QED) is 0.606. The maximum atomic E-state index is 5.79. The molecule has 3 N–H and O–H groups in total. The van der Waals surface area contributed by atoms with Gasteiger partial charge in [-0.1, -0.05) is 18.2 Å². The van der Waals surface area contributed by atoms with Gasteiger partial charge in [0.25, 0.3) is 0 Å². The molecule has 1 aliphatic heterocycles. The summed E-state index contributed by atoms with van der Waals surface area (Å²) < 4.78 is 5.43. The molecule has 3 nitrogen and oxygen atoms in total. The number of anilines is 1. The van der Waals surface area contributed by atoms with E-state index in [-0.39, 0.29) is 6.10 Å². The Morgan fingerprint density at radius 1 is 1.42 bits per heavy atom. The van der Waals surface area contributed by atoms with Crippen molar-refractivity contribution in [2.45, 2.75) is 6.10 Å². The van der Waals surface area contributed by atoms with E-state index in [0.717, 1.165) is 17.8 Å². The molecule has 64 valence electrons. The van der Waals surface area contributed by atoms with Gasteiger partial charge in [-0.15, -0.1) is 0 Å². The Balaban J connectivity index is 2.26. The summed E-state index contributed by atoms with van der Waals surface area (Å²) in [5.41, 5.74) is 7.69. The molecule has 0 spiro atoms. The zero-order valence-electron chi connectivity index (χ0n) is 6.79. The van der Waals surface area contributed by atoms with E-state index in [4.69, 9.17) is 10.5 Å². The molecule has 1 unspecified atom stereocenters. The van der Waals surface area contributed by atoms with Crippen LogP contribution < -0.4 is 11.1 Å². The first-order valence-electron chi connectivity index (χ1n) is 4.04. The van der Waals surface area contributed by atoms with Gasteiger partial charge in [0.1, 0.15) is 0 Å². The van der Waals surface area contributed by atoms with Crippen LogP contribution in [0.1, 0.15) is 11.7 Å². The minimum atomic E-state index is 0.131. The summed E-state index contributed by atoms with van der Waals surface area (Å²) in [5, 5.41) is 3.12. The maximum Gasteiger partial charge on any atom is 0.0987 e. The van der Waals surface area contributed by atoms with Crippen LogP contribution in [-0.4, -0.2) is 13.3 Å². The second-order valence-corrected chi connectivity index (χ2v) is 2.88. The predicted molar refractivity (Wildman–Crippen MR) is 47.6 cm³/mol. The largest absolute Gasteiger partial charge is 0.398 e. The second-order valence-electron chi connectivity index (χ2n) is 2.88. The van der Waals surface area contributed by atoms with Gasteiger partial charge < -0.3 is 10.5 Å². The highest BCUT2D eigenvalue weighted by Crippen LogP contribution is 2.24. The normalized spacial score (nSPS) is 22.8. The number of nitrogen functional groups attached to an aromatic ring is 1. The fourth-order valence-corrected chi connectivity index (χ4v) is 1.41. The summed E-state index contributed by atoms with van der Waals surface area (Å²) in [6.45, 7) is 1.48. The lowest BCUT2D eigenvalue weighted by Crippen LogP contribution is -2.09. The fourth-order valence-electron chi connectivity index (χ4n) is 1.41. The first-order chi connectivity index (χ1) is 5.88. The van der Waals surface area contributed by atoms with E-state index in [9.17, 15) is 0 Å². The number of hydrogen-bond donors (Lipinski definition) is 2. The molecule has 1 aliphatic rings. The van der Waals surface area contributed by atoms with Crippen LogP contribution in [0.25, 0.3) is 0 Å². The van der Waals surface area contributed by atoms with Crippen LogP contribution >= 0.6 is 0 Å². The summed E-state index contributed by atoms with van der Waals surface area (Å²) in [6, 6.07) is 7.82. The first kappa shape index (κ1) is 7.58. The molecule has 12 heavy (non-hydrogen) atoms. The van der Waals surface area contributed by atoms with Crippen molar-refractivity contribution in [3.63, 3.8) is 0 Å². The minimum absolute atomic E-state index is 0.131. The van der Waals surface area contributed by atoms with E-state index >= 15 is 0 Å². The van der Waals surface area contributed by atoms with Crippen LogP contribution in [0.4, 0.5) is 5.69 Å². The summed E-state index contributed by atoms with van der Waals surface area (Å²) in [5.74, 6) is 0. The topological polar surface area (TPSA) is 47.3 Å². The van der Waals surface area contributed by atoms with Crippen molar-refractivity contribution < 1.29 is 4.74 Å². The molecule has 1 saturated heterocycles. The van der Waals surface area contributed by atoms with Gasteiger partial charge in [-0.05, 0) is 6.07 Å². The Bertz CT molecular complexity index is 269. The Kier molecular flexibility index (Phi) is 1.98. The average molecular weight is 164 g/mol. The van der Waals surface area contributed by atoms with E-state index < -0.39 is 0 Å². The van der Waals surface area contributed by atoms with Gasteiger partial charge in [0.05, 0.1) is 12.8 Å². The third-order valence-corrected chi connectivity index (χ3v) is 2.06. The maximum absolute atomic E-state index is 5.79. The fraction of sp³-hybridized carbons (Fsp3) is 0.333. The highest BCUT2D eigenvalue weighted by molar-refractivity contribution is 5.47. The van der Waals surface area contributed by atoms with Crippen molar-refractivity contribution in [1.29, 1.82) is 0 Å². The SMILES string of the molecule is Nc1ccccc1C1CNCO1. The van der Waals surface area contributed by atoms with Crippen molar-refractivity contribution in [3.8, 4) is 0 Å². The zero-order chi connectivity index (χ0) is 8.39. The van der Waals surface area contributed by atoms with E-state index in [1.807, 2.05) is 24.3 Å². The van der Waals surface area contributed by atoms with Crippen molar-refractivity contribution in [1.82, 2.24) is 5.32 Å². The Hall–Kier alpha value is -1.06. The molecule has 2 rings (SSSR count). The van der Waals surface area contributed by atoms with Gasteiger partial charge in [0, 0.05) is 17.8 Å². The standard InChI is InChI=1S/C9H12N2O/c10-8-4-2-1-3-7(8)9-5-11-6-12-9/h1-4,9,11H,5-6,10H2. The van der Waals surface area contributed by atoms with Crippen molar-refractivity contribution in [2.75, 3.05) is 19.0 Å². The van der Waals surface area contributed by atoms with Crippen LogP contribution in [0.3, 0.4) is 0 Å². The summed E-state index contributed by atoms with van der Waals surface area (Å²) in [4.78, 5) is 0. The van der Waals surface area contributed by atoms with Crippen molar-refractivity contribution >= 4 is 5.69 Å². The van der Waals surface area contributed by atoms with Crippen molar-refractivity contribution in [2.24, 2.45) is 0 Å². The first-order valence-corrected chi connectivity index (χ1v) is 4.04. The monoisotopic (exact) mass is 164 g/mol. The Morgan fingerprint density at radius 2 is 2.25 bits per heavy atom. The van der Waals surface area contributed by atoms with Crippen LogP contribution in [0.2, 0.25) is 0 Å². The Morgan fingerprint density at radius 3 is 2.92 bits per heavy atom. The van der Waals surface area contributed by atoms with Crippen molar-refractivity contribution in [3.05, 3.63) is 29.8 Å². The molecule has 0 bridgehead atoms. The molecule has 0 aromatic heterocycles. The van der Waals surface area contributed by atoms with Gasteiger partial charge in [-0.25, -0.2) is 0 Å². The molecule has 3 heteroatoms. The molecular formula is C9H12N2O. The highest BCUT2D eigenvalue weighted by Gasteiger charge is 2.18. The second kappa shape index (κ2) is 3.13. The molecule has 0 saturated carbocycles. The number of nitrogens with one attached hydrogen (secondary N) is 1. The third-order valence-electron chi connectivity index (χ3n) is 2.06. The van der Waals surface area contributed by atoms with Crippen LogP contribution in [0.15, 0.2) is 24.3 Å². The summed E-state index contributed by atoms with van der Waals surface area (Å²) in [6.07, 6.45) is 0.131. The number of para-hydroxylation sites is 1. The van der Waals surface area contributed by atoms with Gasteiger partial charge >= 0.3 is 0 Å². The summed E-state index contributed by atoms with van der Waals surface area (Å²) in [7, 11) is 0. The lowest BCUT2D eigenvalue weighted by Gasteiger charge is -2.10. The van der Waals surface area contributed by atoms with Gasteiger partial charge in [0.15, 0.2) is 0 Å². The van der Waals surface area contributed by atoms with E-state index in [2.05, 4.69) is 5.32 Å². The van der Waals surface area contributed by atoms with Gasteiger partial charge in [-0.3, -0.25) is 5.32 Å². The van der Waals surface area contributed by atoms with Gasteiger partial charge in [-0.2, -0.15) is 0 Å². The molecule has 0 amide bonds. The van der Waals surface area contributed by atoms with Crippen LogP contribution in [-0.2, 0) is 4.74 Å². The average Bonchev–Trinajstić information content (AvgIpc) is 2.57. The Labute approximate surface area is 71.5 Å². The predicted octanol–water partition coefficient (Wildman–Crippen LogP) is 0.887. The summed E-state index contributed by atoms with van der Waals surface area (Å²) >= 11 is 0. The smallest absolute Gasteiger partial charge is 0.0987 e. The van der Waals surface area contributed by atoms with Gasteiger partial charge in [0.2, 0.25) is 0 Å². The lowest BCUT2D eigenvalue weighted by atomic mass is 10.1. The molecular weight excluding hydrogens is 152 g/mol. The minimum Gasteiger partial charge on any atom is -0.398 e. The molecule has 1 fully saturated rings. The number of nitrogens with two attached hydrogens (primary N) is 1. The number of ether oxygens (including phenoxy) is 1. The molecule has 0 aliphatic carbocycles. The van der Waals surface area contributed by atoms with E-state index in [1.165, 1.54) is 0 Å². The number of hydrogen-bond acceptors (Lipinski definition) is 3. The van der Waals surface area contributed by atoms with Crippen LogP contribution in [0, 0.1) is 0 Å². The van der Waals surface area contributed by atoms with Crippen LogP contribution in [0.5, 0.6) is 0 Å². The molecule has 1 aromatic rings. The zero-order valence-corrected chi connectivity index (χ0v) is 6.79. The number of benzene rings is 1. The highest BCUT2D eigenvalue weighted by atomic mass is 16.5. The van der Waals surface area contributed by atoms with E-state index in [1.54, 1.807) is 0 Å². The molecule has 0 radical (unpaired) electrons. The molecule has 1 heterocycles. The third kappa shape index (κ3) is 1.29. The number of rotatable bonds is 1. The molecule has 1 aromatic carbocycles.